The zero-order valence-corrected chi connectivity index (χ0v) is 16.3. The molecule has 0 unspecified atom stereocenters. The lowest BCUT2D eigenvalue weighted by Crippen LogP contribution is -2.15. The van der Waals surface area contributed by atoms with Crippen LogP contribution in [0.25, 0.3) is 0 Å². The number of benzene rings is 2. The topological polar surface area (TPSA) is 76.1 Å². The number of rotatable bonds is 7. The van der Waals surface area contributed by atoms with Crippen molar-refractivity contribution < 1.29 is 9.53 Å². The highest BCUT2D eigenvalue weighted by Crippen LogP contribution is 2.20. The van der Waals surface area contributed by atoms with E-state index in [4.69, 9.17) is 4.74 Å². The van der Waals surface area contributed by atoms with Gasteiger partial charge in [-0.05, 0) is 43.0 Å². The quantitative estimate of drug-likeness (QED) is 0.652. The van der Waals surface area contributed by atoms with Gasteiger partial charge in [0.25, 0.3) is 5.91 Å². The minimum absolute atomic E-state index is 0.224. The maximum atomic E-state index is 12.5. The summed E-state index contributed by atoms with van der Waals surface area (Å²) in [5.74, 6) is 1.13. The maximum absolute atomic E-state index is 12.5. The van der Waals surface area contributed by atoms with Gasteiger partial charge >= 0.3 is 0 Å². The van der Waals surface area contributed by atoms with Gasteiger partial charge in [-0.3, -0.25) is 4.79 Å². The van der Waals surface area contributed by atoms with Crippen molar-refractivity contribution in [3.8, 4) is 5.75 Å². The SMILES string of the molecule is COc1ccccc1CCNc1ncc(C(=O)Nc2c(C)cccc2C)cn1. The smallest absolute Gasteiger partial charge is 0.258 e. The summed E-state index contributed by atoms with van der Waals surface area (Å²) in [6.07, 6.45) is 3.84. The summed E-state index contributed by atoms with van der Waals surface area (Å²) in [5.41, 5.74) is 4.39. The first-order valence-corrected chi connectivity index (χ1v) is 9.14. The van der Waals surface area contributed by atoms with E-state index in [9.17, 15) is 4.79 Å². The van der Waals surface area contributed by atoms with E-state index in [1.165, 1.54) is 12.4 Å². The molecule has 0 fully saturated rings. The van der Waals surface area contributed by atoms with Crippen molar-refractivity contribution in [2.45, 2.75) is 20.3 Å². The molecule has 0 aliphatic carbocycles. The predicted molar refractivity (Wildman–Crippen MR) is 111 cm³/mol. The zero-order chi connectivity index (χ0) is 19.9. The number of aromatic nitrogens is 2. The molecule has 1 heterocycles. The predicted octanol–water partition coefficient (Wildman–Crippen LogP) is 4.01. The van der Waals surface area contributed by atoms with Crippen LogP contribution in [-0.2, 0) is 6.42 Å². The summed E-state index contributed by atoms with van der Waals surface area (Å²) in [7, 11) is 1.66. The monoisotopic (exact) mass is 376 g/mol. The van der Waals surface area contributed by atoms with Gasteiger partial charge in [0, 0.05) is 24.6 Å². The summed E-state index contributed by atoms with van der Waals surface area (Å²) in [6, 6.07) is 13.8. The molecule has 0 saturated carbocycles. The molecule has 6 nitrogen and oxygen atoms in total. The number of hydrogen-bond acceptors (Lipinski definition) is 5. The highest BCUT2D eigenvalue weighted by molar-refractivity contribution is 6.04. The van der Waals surface area contributed by atoms with Gasteiger partial charge in [0.2, 0.25) is 5.95 Å². The van der Waals surface area contributed by atoms with E-state index in [1.807, 2.05) is 56.3 Å². The van der Waals surface area contributed by atoms with Crippen LogP contribution in [0.5, 0.6) is 5.75 Å². The Morgan fingerprint density at radius 3 is 2.36 bits per heavy atom. The number of methoxy groups -OCH3 is 1. The summed E-state index contributed by atoms with van der Waals surface area (Å²) >= 11 is 0. The molecule has 0 atom stereocenters. The van der Waals surface area contributed by atoms with Crippen molar-refractivity contribution in [3.05, 3.63) is 77.1 Å². The second-order valence-electron chi connectivity index (χ2n) is 6.50. The number of ether oxygens (including phenoxy) is 1. The second-order valence-corrected chi connectivity index (χ2v) is 6.50. The minimum atomic E-state index is -0.224. The second kappa shape index (κ2) is 8.99. The van der Waals surface area contributed by atoms with Gasteiger partial charge in [0.15, 0.2) is 0 Å². The maximum Gasteiger partial charge on any atom is 0.258 e. The third-order valence-electron chi connectivity index (χ3n) is 4.50. The van der Waals surface area contributed by atoms with E-state index in [2.05, 4.69) is 20.6 Å². The molecule has 0 aliphatic rings. The molecule has 0 saturated heterocycles. The van der Waals surface area contributed by atoms with Crippen LogP contribution in [0.1, 0.15) is 27.0 Å². The Labute approximate surface area is 165 Å². The standard InChI is InChI=1S/C22H24N4O2/c1-15-7-6-8-16(2)20(15)26-21(27)18-13-24-22(25-14-18)23-12-11-17-9-4-5-10-19(17)28-3/h4-10,13-14H,11-12H2,1-3H3,(H,26,27)(H,23,24,25). The molecule has 0 aliphatic heterocycles. The number of nitrogens with zero attached hydrogens (tertiary/aromatic N) is 2. The highest BCUT2D eigenvalue weighted by Gasteiger charge is 2.11. The van der Waals surface area contributed by atoms with Gasteiger partial charge < -0.3 is 15.4 Å². The van der Waals surface area contributed by atoms with Crippen molar-refractivity contribution in [2.24, 2.45) is 0 Å². The van der Waals surface area contributed by atoms with Gasteiger partial charge in [-0.15, -0.1) is 0 Å². The van der Waals surface area contributed by atoms with Crippen LogP contribution in [0.3, 0.4) is 0 Å². The molecule has 28 heavy (non-hydrogen) atoms. The summed E-state index contributed by atoms with van der Waals surface area (Å²) < 4.78 is 5.35. The molecule has 3 rings (SSSR count). The number of hydrogen-bond donors (Lipinski definition) is 2. The molecule has 0 radical (unpaired) electrons. The van der Waals surface area contributed by atoms with Gasteiger partial charge in [-0.2, -0.15) is 0 Å². The fourth-order valence-electron chi connectivity index (χ4n) is 2.95. The van der Waals surface area contributed by atoms with Gasteiger partial charge in [-0.1, -0.05) is 36.4 Å². The minimum Gasteiger partial charge on any atom is -0.496 e. The molecule has 6 heteroatoms. The Morgan fingerprint density at radius 2 is 1.68 bits per heavy atom. The summed E-state index contributed by atoms with van der Waals surface area (Å²) in [4.78, 5) is 21.0. The van der Waals surface area contributed by atoms with Crippen molar-refractivity contribution in [3.63, 3.8) is 0 Å². The molecular formula is C22H24N4O2. The number of nitrogens with one attached hydrogen (secondary N) is 2. The Kier molecular flexibility index (Phi) is 6.22. The third kappa shape index (κ3) is 4.65. The number of aryl methyl sites for hydroxylation is 2. The molecule has 0 bridgehead atoms. The number of carbonyl (C=O) groups excluding carboxylic acids is 1. The molecule has 2 aromatic carbocycles. The van der Waals surface area contributed by atoms with E-state index in [-0.39, 0.29) is 5.91 Å². The summed E-state index contributed by atoms with van der Waals surface area (Å²) in [6.45, 7) is 4.59. The molecular weight excluding hydrogens is 352 g/mol. The van der Waals surface area contributed by atoms with Gasteiger partial charge in [0.1, 0.15) is 5.75 Å². The lowest BCUT2D eigenvalue weighted by molar-refractivity contribution is 0.102. The van der Waals surface area contributed by atoms with Crippen LogP contribution >= 0.6 is 0 Å². The van der Waals surface area contributed by atoms with E-state index < -0.39 is 0 Å². The Morgan fingerprint density at radius 1 is 1.00 bits per heavy atom. The molecule has 1 aromatic heterocycles. The Balaban J connectivity index is 1.58. The van der Waals surface area contributed by atoms with Gasteiger partial charge in [-0.25, -0.2) is 9.97 Å². The van der Waals surface area contributed by atoms with E-state index in [0.717, 1.165) is 34.5 Å². The lowest BCUT2D eigenvalue weighted by Gasteiger charge is -2.11. The van der Waals surface area contributed by atoms with Crippen LogP contribution in [0.2, 0.25) is 0 Å². The molecule has 3 aromatic rings. The third-order valence-corrected chi connectivity index (χ3v) is 4.50. The Hall–Kier alpha value is -3.41. The fourth-order valence-corrected chi connectivity index (χ4v) is 2.95. The van der Waals surface area contributed by atoms with E-state index in [1.54, 1.807) is 7.11 Å². The molecule has 144 valence electrons. The highest BCUT2D eigenvalue weighted by atomic mass is 16.5. The Bertz CT molecular complexity index is 935. The first kappa shape index (κ1) is 19.4. The molecule has 2 N–H and O–H groups in total. The van der Waals surface area contributed by atoms with Crippen LogP contribution < -0.4 is 15.4 Å². The first-order valence-electron chi connectivity index (χ1n) is 9.14. The summed E-state index contributed by atoms with van der Waals surface area (Å²) in [5, 5.41) is 6.11. The normalized spacial score (nSPS) is 10.4. The average Bonchev–Trinajstić information content (AvgIpc) is 2.71. The fraction of sp³-hybridized carbons (Fsp3) is 0.227. The molecule has 1 amide bonds. The van der Waals surface area contributed by atoms with Crippen molar-refractivity contribution in [2.75, 3.05) is 24.3 Å². The van der Waals surface area contributed by atoms with Crippen molar-refractivity contribution in [1.29, 1.82) is 0 Å². The van der Waals surface area contributed by atoms with Crippen LogP contribution in [0.15, 0.2) is 54.9 Å². The van der Waals surface area contributed by atoms with Crippen LogP contribution in [0.4, 0.5) is 11.6 Å². The zero-order valence-electron chi connectivity index (χ0n) is 16.3. The van der Waals surface area contributed by atoms with Crippen LogP contribution in [-0.4, -0.2) is 29.5 Å². The number of carbonyl (C=O) groups is 1. The number of para-hydroxylation sites is 2. The number of anilines is 2. The van der Waals surface area contributed by atoms with Crippen LogP contribution in [0, 0.1) is 13.8 Å². The van der Waals surface area contributed by atoms with Crippen molar-refractivity contribution in [1.82, 2.24) is 9.97 Å². The first-order chi connectivity index (χ1) is 13.6. The van der Waals surface area contributed by atoms with Crippen molar-refractivity contribution >= 4 is 17.5 Å². The van der Waals surface area contributed by atoms with E-state index >= 15 is 0 Å². The average molecular weight is 376 g/mol. The number of amides is 1. The molecule has 0 spiro atoms. The lowest BCUT2D eigenvalue weighted by atomic mass is 10.1. The largest absolute Gasteiger partial charge is 0.496 e. The van der Waals surface area contributed by atoms with E-state index in [0.29, 0.717) is 18.1 Å². The van der Waals surface area contributed by atoms with Gasteiger partial charge in [0.05, 0.1) is 12.7 Å².